The molecular formula is C13H13N3O4. The Kier molecular flexibility index (Phi) is 3.90. The fourth-order valence-corrected chi connectivity index (χ4v) is 1.67. The first-order chi connectivity index (χ1) is 9.49. The highest BCUT2D eigenvalue weighted by molar-refractivity contribution is 5.96. The number of carbonyl (C=O) groups is 2. The van der Waals surface area contributed by atoms with Crippen molar-refractivity contribution in [3.8, 4) is 0 Å². The van der Waals surface area contributed by atoms with E-state index in [1.54, 1.807) is 24.3 Å². The summed E-state index contributed by atoms with van der Waals surface area (Å²) in [5.41, 5.74) is 1.16. The predicted molar refractivity (Wildman–Crippen MR) is 70.1 cm³/mol. The van der Waals surface area contributed by atoms with Crippen molar-refractivity contribution in [2.75, 3.05) is 0 Å². The number of hydrogen-bond acceptors (Lipinski definition) is 5. The van der Waals surface area contributed by atoms with Crippen molar-refractivity contribution < 1.29 is 19.8 Å². The van der Waals surface area contributed by atoms with Crippen molar-refractivity contribution in [1.82, 2.24) is 15.3 Å². The van der Waals surface area contributed by atoms with Gasteiger partial charge in [0, 0.05) is 0 Å². The van der Waals surface area contributed by atoms with Crippen molar-refractivity contribution in [1.29, 1.82) is 0 Å². The van der Waals surface area contributed by atoms with Crippen LogP contribution >= 0.6 is 0 Å². The summed E-state index contributed by atoms with van der Waals surface area (Å²) in [4.78, 5) is 31.0. The molecule has 3 N–H and O–H groups in total. The molecule has 1 amide bonds. The Morgan fingerprint density at radius 2 is 1.90 bits per heavy atom. The van der Waals surface area contributed by atoms with Crippen LogP contribution < -0.4 is 5.32 Å². The molecule has 0 aliphatic carbocycles. The van der Waals surface area contributed by atoms with Crippen LogP contribution in [-0.2, 0) is 4.79 Å². The Labute approximate surface area is 114 Å². The van der Waals surface area contributed by atoms with E-state index < -0.39 is 24.0 Å². The second-order valence-corrected chi connectivity index (χ2v) is 4.27. The van der Waals surface area contributed by atoms with Gasteiger partial charge in [0.2, 0.25) is 0 Å². The highest BCUT2D eigenvalue weighted by atomic mass is 16.4. The van der Waals surface area contributed by atoms with Gasteiger partial charge in [0.1, 0.15) is 5.69 Å². The number of hydrogen-bond donors (Lipinski definition) is 3. The summed E-state index contributed by atoms with van der Waals surface area (Å²) in [6.07, 6.45) is 0.0448. The molecular weight excluding hydrogens is 262 g/mol. The number of nitrogens with one attached hydrogen (secondary N) is 1. The quantitative estimate of drug-likeness (QED) is 0.734. The fourth-order valence-electron chi connectivity index (χ4n) is 1.67. The Bertz CT molecular complexity index is 657. The predicted octanol–water partition coefficient (Wildman–Crippen LogP) is 0.194. The highest BCUT2D eigenvalue weighted by Gasteiger charge is 2.26. The van der Waals surface area contributed by atoms with Gasteiger partial charge in [0.05, 0.1) is 23.3 Å². The average Bonchev–Trinajstić information content (AvgIpc) is 2.43. The Hall–Kier alpha value is -2.54. The number of aliphatic carboxylic acids is 1. The van der Waals surface area contributed by atoms with Crippen LogP contribution in [0.4, 0.5) is 0 Å². The van der Waals surface area contributed by atoms with E-state index in [1.165, 1.54) is 13.1 Å². The van der Waals surface area contributed by atoms with Crippen LogP contribution in [0.3, 0.4) is 0 Å². The monoisotopic (exact) mass is 275 g/mol. The number of fused-ring (bicyclic) bond motifs is 1. The minimum Gasteiger partial charge on any atom is -0.480 e. The van der Waals surface area contributed by atoms with Crippen LogP contribution in [0.25, 0.3) is 11.0 Å². The number of rotatable bonds is 4. The molecule has 0 fully saturated rings. The van der Waals surface area contributed by atoms with Gasteiger partial charge in [0.25, 0.3) is 5.91 Å². The Morgan fingerprint density at radius 3 is 2.50 bits per heavy atom. The van der Waals surface area contributed by atoms with Gasteiger partial charge >= 0.3 is 5.97 Å². The Morgan fingerprint density at radius 1 is 1.25 bits per heavy atom. The van der Waals surface area contributed by atoms with Gasteiger partial charge in [-0.05, 0) is 19.1 Å². The number of aromatic nitrogens is 2. The second kappa shape index (κ2) is 5.62. The smallest absolute Gasteiger partial charge is 0.328 e. The molecule has 104 valence electrons. The number of carboxylic acids is 1. The first-order valence-corrected chi connectivity index (χ1v) is 5.92. The van der Waals surface area contributed by atoms with Crippen molar-refractivity contribution >= 4 is 22.9 Å². The number of carboxylic acid groups (broad SMARTS) is 1. The molecule has 2 aromatic rings. The van der Waals surface area contributed by atoms with Crippen molar-refractivity contribution in [3.63, 3.8) is 0 Å². The van der Waals surface area contributed by atoms with Crippen molar-refractivity contribution in [2.45, 2.75) is 19.1 Å². The summed E-state index contributed by atoms with van der Waals surface area (Å²) >= 11 is 0. The summed E-state index contributed by atoms with van der Waals surface area (Å²) < 4.78 is 0. The van der Waals surface area contributed by atoms with Crippen LogP contribution in [-0.4, -0.2) is 44.2 Å². The zero-order chi connectivity index (χ0) is 14.7. The lowest BCUT2D eigenvalue weighted by atomic mass is 10.2. The molecule has 0 bridgehead atoms. The largest absolute Gasteiger partial charge is 0.480 e. The lowest BCUT2D eigenvalue weighted by Crippen LogP contribution is -2.47. The maximum absolute atomic E-state index is 11.9. The van der Waals surface area contributed by atoms with E-state index in [4.69, 9.17) is 5.11 Å². The van der Waals surface area contributed by atoms with Gasteiger partial charge in [-0.25, -0.2) is 9.78 Å². The molecule has 0 aliphatic heterocycles. The van der Waals surface area contributed by atoms with Crippen molar-refractivity contribution in [2.24, 2.45) is 0 Å². The molecule has 1 aromatic carbocycles. The molecule has 0 saturated heterocycles. The molecule has 0 spiro atoms. The normalized spacial score (nSPS) is 13.7. The first-order valence-electron chi connectivity index (χ1n) is 5.92. The number of aliphatic hydroxyl groups is 1. The summed E-state index contributed by atoms with van der Waals surface area (Å²) in [7, 11) is 0. The topological polar surface area (TPSA) is 112 Å². The summed E-state index contributed by atoms with van der Waals surface area (Å²) in [5, 5.41) is 20.4. The summed E-state index contributed by atoms with van der Waals surface area (Å²) in [6, 6.07) is 5.61. The standard InChI is InChI=1S/C13H13N3O4/c1-7(17)11(13(19)20)16-12(18)10-6-14-8-4-2-3-5-9(8)15-10/h2-7,11,17H,1H3,(H,16,18)(H,19,20)/t7-,11-/m0/s1. The van der Waals surface area contributed by atoms with Gasteiger partial charge < -0.3 is 15.5 Å². The third-order valence-electron chi connectivity index (χ3n) is 2.72. The molecule has 1 aromatic heterocycles. The Balaban J connectivity index is 2.24. The van der Waals surface area contributed by atoms with E-state index >= 15 is 0 Å². The number of carbonyl (C=O) groups excluding carboxylic acids is 1. The van der Waals surface area contributed by atoms with E-state index in [0.29, 0.717) is 11.0 Å². The van der Waals surface area contributed by atoms with Gasteiger partial charge in [-0.3, -0.25) is 9.78 Å². The number of para-hydroxylation sites is 2. The minimum atomic E-state index is -1.39. The third-order valence-corrected chi connectivity index (χ3v) is 2.72. The molecule has 0 aliphatic rings. The lowest BCUT2D eigenvalue weighted by Gasteiger charge is -2.16. The lowest BCUT2D eigenvalue weighted by molar-refractivity contribution is -0.141. The minimum absolute atomic E-state index is 0.00407. The van der Waals surface area contributed by atoms with Gasteiger partial charge in [-0.2, -0.15) is 0 Å². The van der Waals surface area contributed by atoms with Gasteiger partial charge in [0.15, 0.2) is 6.04 Å². The number of nitrogens with zero attached hydrogens (tertiary/aromatic N) is 2. The van der Waals surface area contributed by atoms with Crippen LogP contribution in [0.15, 0.2) is 30.5 Å². The van der Waals surface area contributed by atoms with Gasteiger partial charge in [-0.15, -0.1) is 0 Å². The van der Waals surface area contributed by atoms with E-state index in [0.717, 1.165) is 0 Å². The maximum Gasteiger partial charge on any atom is 0.328 e. The maximum atomic E-state index is 11.9. The SMILES string of the molecule is C[C@H](O)[C@H](NC(=O)c1cnc2ccccc2n1)C(=O)O. The fraction of sp³-hybridized carbons (Fsp3) is 0.231. The van der Waals surface area contributed by atoms with Crippen molar-refractivity contribution in [3.05, 3.63) is 36.2 Å². The molecule has 0 radical (unpaired) electrons. The molecule has 7 heteroatoms. The van der Waals surface area contributed by atoms with Crippen LogP contribution in [0.1, 0.15) is 17.4 Å². The summed E-state index contributed by atoms with van der Waals surface area (Å²) in [6.45, 7) is 1.28. The van der Waals surface area contributed by atoms with Gasteiger partial charge in [-0.1, -0.05) is 12.1 Å². The number of amides is 1. The molecule has 2 rings (SSSR count). The zero-order valence-corrected chi connectivity index (χ0v) is 10.6. The van der Waals surface area contributed by atoms with E-state index in [1.807, 2.05) is 0 Å². The molecule has 1 heterocycles. The molecule has 0 saturated carbocycles. The first kappa shape index (κ1) is 13.9. The second-order valence-electron chi connectivity index (χ2n) is 4.27. The average molecular weight is 275 g/mol. The summed E-state index contributed by atoms with van der Waals surface area (Å²) in [5.74, 6) is -2.02. The third kappa shape index (κ3) is 2.89. The number of benzene rings is 1. The molecule has 7 nitrogen and oxygen atoms in total. The highest BCUT2D eigenvalue weighted by Crippen LogP contribution is 2.08. The molecule has 2 atom stereocenters. The zero-order valence-electron chi connectivity index (χ0n) is 10.6. The van der Waals surface area contributed by atoms with E-state index in [9.17, 15) is 14.7 Å². The van der Waals surface area contributed by atoms with Crippen LogP contribution in [0.2, 0.25) is 0 Å². The van der Waals surface area contributed by atoms with Crippen LogP contribution in [0, 0.1) is 0 Å². The van der Waals surface area contributed by atoms with E-state index in [-0.39, 0.29) is 5.69 Å². The molecule has 0 unspecified atom stereocenters. The van der Waals surface area contributed by atoms with Crippen LogP contribution in [0.5, 0.6) is 0 Å². The van der Waals surface area contributed by atoms with E-state index in [2.05, 4.69) is 15.3 Å². The number of aliphatic hydroxyl groups excluding tert-OH is 1. The molecule has 20 heavy (non-hydrogen) atoms.